The van der Waals surface area contributed by atoms with Gasteiger partial charge in [0.15, 0.2) is 5.78 Å². The average molecular weight is 383 g/mol. The summed E-state index contributed by atoms with van der Waals surface area (Å²) in [5.41, 5.74) is 3.68. The summed E-state index contributed by atoms with van der Waals surface area (Å²) in [4.78, 5) is 26.0. The SMILES string of the molecule is CCCOC(=O)C1=C(C)NC2=C(C(=O)CC(C)(C)C2)C1c1ccc(OC)cc1. The largest absolute Gasteiger partial charge is 0.497 e. The summed E-state index contributed by atoms with van der Waals surface area (Å²) in [6.07, 6.45) is 1.99. The van der Waals surface area contributed by atoms with Crippen molar-refractivity contribution in [1.29, 1.82) is 0 Å². The minimum Gasteiger partial charge on any atom is -0.497 e. The number of carbonyl (C=O) groups is 2. The third-order valence-electron chi connectivity index (χ3n) is 5.35. The second kappa shape index (κ2) is 7.82. The number of hydrogen-bond acceptors (Lipinski definition) is 5. The second-order valence-corrected chi connectivity index (χ2v) is 8.34. The molecule has 0 spiro atoms. The first-order valence-electron chi connectivity index (χ1n) is 9.82. The van der Waals surface area contributed by atoms with E-state index in [1.54, 1.807) is 7.11 Å². The Balaban J connectivity index is 2.11. The van der Waals surface area contributed by atoms with Crippen molar-refractivity contribution in [2.75, 3.05) is 13.7 Å². The molecule has 2 aliphatic rings. The number of carbonyl (C=O) groups excluding carboxylic acids is 2. The van der Waals surface area contributed by atoms with E-state index < -0.39 is 5.92 Å². The molecule has 1 aliphatic carbocycles. The van der Waals surface area contributed by atoms with Crippen LogP contribution >= 0.6 is 0 Å². The van der Waals surface area contributed by atoms with E-state index in [-0.39, 0.29) is 17.2 Å². The van der Waals surface area contributed by atoms with Gasteiger partial charge in [-0.3, -0.25) is 4.79 Å². The highest BCUT2D eigenvalue weighted by molar-refractivity contribution is 6.04. The van der Waals surface area contributed by atoms with Crippen molar-refractivity contribution >= 4 is 11.8 Å². The number of allylic oxidation sites excluding steroid dienone is 3. The minimum absolute atomic E-state index is 0.0906. The van der Waals surface area contributed by atoms with E-state index >= 15 is 0 Å². The lowest BCUT2D eigenvalue weighted by Gasteiger charge is -2.39. The highest BCUT2D eigenvalue weighted by Crippen LogP contribution is 2.46. The van der Waals surface area contributed by atoms with Crippen LogP contribution < -0.4 is 10.1 Å². The van der Waals surface area contributed by atoms with E-state index in [9.17, 15) is 9.59 Å². The number of benzene rings is 1. The Morgan fingerprint density at radius 3 is 2.50 bits per heavy atom. The number of methoxy groups -OCH3 is 1. The first-order chi connectivity index (χ1) is 13.3. The van der Waals surface area contributed by atoms with E-state index in [1.807, 2.05) is 38.1 Å². The molecule has 0 amide bonds. The van der Waals surface area contributed by atoms with Crippen molar-refractivity contribution < 1.29 is 19.1 Å². The van der Waals surface area contributed by atoms with Crippen molar-refractivity contribution in [2.24, 2.45) is 5.41 Å². The van der Waals surface area contributed by atoms with E-state index in [0.717, 1.165) is 35.5 Å². The molecule has 5 heteroatoms. The molecule has 0 saturated heterocycles. The van der Waals surface area contributed by atoms with Crippen LogP contribution in [0.25, 0.3) is 0 Å². The van der Waals surface area contributed by atoms with Gasteiger partial charge >= 0.3 is 5.97 Å². The molecular formula is C23H29NO4. The van der Waals surface area contributed by atoms with Gasteiger partial charge in [-0.2, -0.15) is 0 Å². The number of nitrogens with one attached hydrogen (secondary N) is 1. The number of hydrogen-bond donors (Lipinski definition) is 1. The Morgan fingerprint density at radius 2 is 1.89 bits per heavy atom. The molecule has 0 bridgehead atoms. The van der Waals surface area contributed by atoms with Gasteiger partial charge < -0.3 is 14.8 Å². The summed E-state index contributed by atoms with van der Waals surface area (Å²) in [5.74, 6) is 0.0404. The summed E-state index contributed by atoms with van der Waals surface area (Å²) < 4.78 is 10.7. The van der Waals surface area contributed by atoms with Gasteiger partial charge in [-0.1, -0.05) is 32.9 Å². The average Bonchev–Trinajstić information content (AvgIpc) is 2.64. The van der Waals surface area contributed by atoms with Gasteiger partial charge in [-0.05, 0) is 42.9 Å². The van der Waals surface area contributed by atoms with Gasteiger partial charge in [0.2, 0.25) is 0 Å². The maximum atomic E-state index is 13.1. The van der Waals surface area contributed by atoms with Crippen LogP contribution in [0.5, 0.6) is 5.75 Å². The summed E-state index contributed by atoms with van der Waals surface area (Å²) in [7, 11) is 1.62. The molecule has 28 heavy (non-hydrogen) atoms. The number of Topliss-reactive ketones (excluding diaryl/α,β-unsaturated/α-hetero) is 1. The molecule has 3 rings (SSSR count). The molecule has 0 fully saturated rings. The predicted octanol–water partition coefficient (Wildman–Crippen LogP) is 4.25. The Kier molecular flexibility index (Phi) is 5.64. The summed E-state index contributed by atoms with van der Waals surface area (Å²) in [5, 5.41) is 3.35. The van der Waals surface area contributed by atoms with E-state index in [0.29, 0.717) is 24.2 Å². The Morgan fingerprint density at radius 1 is 1.21 bits per heavy atom. The van der Waals surface area contributed by atoms with Crippen LogP contribution in [0.3, 0.4) is 0 Å². The monoisotopic (exact) mass is 383 g/mol. The van der Waals surface area contributed by atoms with Gasteiger partial charge in [-0.15, -0.1) is 0 Å². The molecule has 1 heterocycles. The fourth-order valence-electron chi connectivity index (χ4n) is 4.11. The van der Waals surface area contributed by atoms with Crippen molar-refractivity contribution in [3.05, 3.63) is 52.4 Å². The summed E-state index contributed by atoms with van der Waals surface area (Å²) >= 11 is 0. The number of rotatable bonds is 5. The van der Waals surface area contributed by atoms with Crippen LogP contribution in [0.15, 0.2) is 46.8 Å². The molecule has 1 aromatic carbocycles. The molecule has 0 aromatic heterocycles. The second-order valence-electron chi connectivity index (χ2n) is 8.34. The van der Waals surface area contributed by atoms with Crippen LogP contribution in [-0.4, -0.2) is 25.5 Å². The lowest BCUT2D eigenvalue weighted by Crippen LogP contribution is -2.38. The van der Waals surface area contributed by atoms with Gasteiger partial charge in [0, 0.05) is 29.3 Å². The van der Waals surface area contributed by atoms with E-state index in [4.69, 9.17) is 9.47 Å². The molecule has 0 radical (unpaired) electrons. The fourth-order valence-corrected chi connectivity index (χ4v) is 4.11. The number of ether oxygens (including phenoxy) is 2. The van der Waals surface area contributed by atoms with Crippen LogP contribution in [0.1, 0.15) is 58.4 Å². The van der Waals surface area contributed by atoms with Crippen LogP contribution in [0.4, 0.5) is 0 Å². The van der Waals surface area contributed by atoms with Gasteiger partial charge in [0.05, 0.1) is 19.3 Å². The standard InChI is InChI=1S/C23H29NO4/c1-6-11-28-22(26)19-14(2)24-17-12-23(3,4)13-18(25)21(17)20(19)15-7-9-16(27-5)10-8-15/h7-10,20,24H,6,11-13H2,1-5H3. The van der Waals surface area contributed by atoms with Crippen LogP contribution in [-0.2, 0) is 14.3 Å². The molecule has 5 nitrogen and oxygen atoms in total. The third-order valence-corrected chi connectivity index (χ3v) is 5.35. The van der Waals surface area contributed by atoms with Crippen molar-refractivity contribution in [3.8, 4) is 5.75 Å². The van der Waals surface area contributed by atoms with Crippen molar-refractivity contribution in [1.82, 2.24) is 5.32 Å². The fraction of sp³-hybridized carbons (Fsp3) is 0.478. The first-order valence-corrected chi connectivity index (χ1v) is 9.82. The van der Waals surface area contributed by atoms with Gasteiger partial charge in [0.1, 0.15) is 5.75 Å². The molecule has 1 aliphatic heterocycles. The summed E-state index contributed by atoms with van der Waals surface area (Å²) in [6.45, 7) is 8.40. The molecule has 1 atom stereocenters. The Hall–Kier alpha value is -2.56. The zero-order valence-electron chi connectivity index (χ0n) is 17.3. The number of ketones is 1. The van der Waals surface area contributed by atoms with Crippen LogP contribution in [0.2, 0.25) is 0 Å². The summed E-state index contributed by atoms with van der Waals surface area (Å²) in [6, 6.07) is 7.57. The van der Waals surface area contributed by atoms with Gasteiger partial charge in [-0.25, -0.2) is 4.79 Å². The minimum atomic E-state index is -0.421. The van der Waals surface area contributed by atoms with Crippen molar-refractivity contribution in [3.63, 3.8) is 0 Å². The molecule has 150 valence electrons. The Bertz CT molecular complexity index is 846. The maximum Gasteiger partial charge on any atom is 0.336 e. The first kappa shape index (κ1) is 20.2. The van der Waals surface area contributed by atoms with E-state index in [1.165, 1.54) is 0 Å². The zero-order chi connectivity index (χ0) is 20.5. The highest BCUT2D eigenvalue weighted by Gasteiger charge is 2.43. The maximum absolute atomic E-state index is 13.1. The van der Waals surface area contributed by atoms with E-state index in [2.05, 4.69) is 19.2 Å². The number of dihydropyridines is 1. The molecule has 0 saturated carbocycles. The highest BCUT2D eigenvalue weighted by atomic mass is 16.5. The molecule has 1 aromatic rings. The quantitative estimate of drug-likeness (QED) is 0.770. The molecule has 1 N–H and O–H groups in total. The smallest absolute Gasteiger partial charge is 0.336 e. The predicted molar refractivity (Wildman–Crippen MR) is 108 cm³/mol. The topological polar surface area (TPSA) is 64.6 Å². The normalized spacial score (nSPS) is 21.2. The van der Waals surface area contributed by atoms with Gasteiger partial charge in [0.25, 0.3) is 0 Å². The molecular weight excluding hydrogens is 354 g/mol. The lowest BCUT2D eigenvalue weighted by molar-refractivity contribution is -0.139. The molecule has 1 unspecified atom stereocenters. The third kappa shape index (κ3) is 3.84. The lowest BCUT2D eigenvalue weighted by atomic mass is 9.68. The Labute approximate surface area is 166 Å². The van der Waals surface area contributed by atoms with Crippen molar-refractivity contribution in [2.45, 2.75) is 52.9 Å². The zero-order valence-corrected chi connectivity index (χ0v) is 17.3. The number of esters is 1. The van der Waals surface area contributed by atoms with Crippen LogP contribution in [0, 0.1) is 5.41 Å².